The fraction of sp³-hybridized carbons (Fsp3) is 0.438. The number of hydrogen-bond donors (Lipinski definition) is 2. The Balaban J connectivity index is 2.62. The van der Waals surface area contributed by atoms with E-state index in [2.05, 4.69) is 10.3 Å². The van der Waals surface area contributed by atoms with Crippen molar-refractivity contribution in [1.82, 2.24) is 19.4 Å². The van der Waals surface area contributed by atoms with Crippen LogP contribution in [0.15, 0.2) is 15.7 Å². The summed E-state index contributed by atoms with van der Waals surface area (Å²) in [5.41, 5.74) is -0.564. The lowest BCUT2D eigenvalue weighted by molar-refractivity contribution is -0.140. The molecule has 0 aliphatic carbocycles. The van der Waals surface area contributed by atoms with Gasteiger partial charge in [-0.3, -0.25) is 18.7 Å². The molecule has 0 spiro atoms. The summed E-state index contributed by atoms with van der Waals surface area (Å²) in [6, 6.07) is 0.334. The van der Waals surface area contributed by atoms with Crippen molar-refractivity contribution >= 4 is 22.9 Å². The smallest absolute Gasteiger partial charge is 0.332 e. The lowest BCUT2D eigenvalue weighted by atomic mass is 10.0. The number of aryl methyl sites for hydroxylation is 2. The average Bonchev–Trinajstić information content (AvgIpc) is 2.54. The van der Waals surface area contributed by atoms with Gasteiger partial charge in [0.1, 0.15) is 17.4 Å². The highest BCUT2D eigenvalue weighted by Gasteiger charge is 2.25. The van der Waals surface area contributed by atoms with Gasteiger partial charge in [0.2, 0.25) is 0 Å². The molecule has 2 aromatic rings. The number of carbonyl (C=O) groups excluding carboxylic acids is 1. The number of rotatable bonds is 4. The Hall–Kier alpha value is -2.97. The molecule has 25 heavy (non-hydrogen) atoms. The average molecular weight is 348 g/mol. The molecule has 0 aliphatic heterocycles. The van der Waals surface area contributed by atoms with E-state index in [1.54, 1.807) is 20.8 Å². The van der Waals surface area contributed by atoms with Gasteiger partial charge in [-0.1, -0.05) is 13.8 Å². The first-order chi connectivity index (χ1) is 11.6. The summed E-state index contributed by atoms with van der Waals surface area (Å²) in [5, 5.41) is 11.8. The number of nitrogens with zero attached hydrogens (tertiary/aromatic N) is 3. The topological polar surface area (TPSA) is 123 Å². The zero-order valence-corrected chi connectivity index (χ0v) is 14.7. The van der Waals surface area contributed by atoms with E-state index in [-0.39, 0.29) is 22.6 Å². The highest BCUT2D eigenvalue weighted by Crippen LogP contribution is 2.13. The Morgan fingerprint density at radius 3 is 2.32 bits per heavy atom. The van der Waals surface area contributed by atoms with Crippen molar-refractivity contribution in [2.24, 2.45) is 20.0 Å². The van der Waals surface area contributed by atoms with Gasteiger partial charge in [0.05, 0.1) is 5.39 Å². The molecule has 2 N–H and O–H groups in total. The monoisotopic (exact) mass is 348 g/mol. The molecule has 0 bridgehead atoms. The first-order valence-electron chi connectivity index (χ1n) is 7.67. The third-order valence-electron chi connectivity index (χ3n) is 4.06. The standard InChI is InChI=1S/C16H20N4O5/c1-7(2)11(15(23)24)18-13(21)9-6-8(3)10-12(17-9)19(4)16(25)20(5)14(10)22/h6-7,11H,1-5H3,(H,18,21)(H,23,24)/t11-/m1/s1. The summed E-state index contributed by atoms with van der Waals surface area (Å²) in [7, 11) is 2.82. The quantitative estimate of drug-likeness (QED) is 0.787. The second-order valence-corrected chi connectivity index (χ2v) is 6.26. The van der Waals surface area contributed by atoms with E-state index in [1.807, 2.05) is 0 Å². The van der Waals surface area contributed by atoms with E-state index in [0.717, 1.165) is 4.57 Å². The SMILES string of the molecule is Cc1cc(C(=O)N[C@@H](C(=O)O)C(C)C)nc2c1c(=O)n(C)c(=O)n2C. The first-order valence-corrected chi connectivity index (χ1v) is 7.67. The maximum atomic E-state index is 12.4. The summed E-state index contributed by atoms with van der Waals surface area (Å²) < 4.78 is 2.15. The third-order valence-corrected chi connectivity index (χ3v) is 4.06. The van der Waals surface area contributed by atoms with Gasteiger partial charge >= 0.3 is 11.7 Å². The van der Waals surface area contributed by atoms with E-state index < -0.39 is 29.2 Å². The maximum absolute atomic E-state index is 12.4. The molecule has 2 rings (SSSR count). The summed E-state index contributed by atoms with van der Waals surface area (Å²) in [5.74, 6) is -2.15. The molecule has 2 aromatic heterocycles. The van der Waals surface area contributed by atoms with Crippen molar-refractivity contribution in [3.8, 4) is 0 Å². The van der Waals surface area contributed by atoms with Crippen LogP contribution in [0.5, 0.6) is 0 Å². The molecule has 0 radical (unpaired) electrons. The van der Waals surface area contributed by atoms with Crippen LogP contribution in [0.2, 0.25) is 0 Å². The van der Waals surface area contributed by atoms with Gasteiger partial charge in [-0.25, -0.2) is 14.6 Å². The van der Waals surface area contributed by atoms with E-state index in [4.69, 9.17) is 0 Å². The molecule has 0 fully saturated rings. The van der Waals surface area contributed by atoms with Gasteiger partial charge < -0.3 is 10.4 Å². The Morgan fingerprint density at radius 2 is 1.80 bits per heavy atom. The number of hydrogen-bond acceptors (Lipinski definition) is 5. The van der Waals surface area contributed by atoms with E-state index in [0.29, 0.717) is 5.56 Å². The van der Waals surface area contributed by atoms with Crippen LogP contribution in [0.3, 0.4) is 0 Å². The Kier molecular flexibility index (Phi) is 4.78. The maximum Gasteiger partial charge on any atom is 0.332 e. The fourth-order valence-electron chi connectivity index (χ4n) is 2.58. The van der Waals surface area contributed by atoms with E-state index in [9.17, 15) is 24.3 Å². The zero-order valence-electron chi connectivity index (χ0n) is 14.7. The van der Waals surface area contributed by atoms with E-state index in [1.165, 1.54) is 24.7 Å². The molecule has 1 amide bonds. The van der Waals surface area contributed by atoms with Crippen molar-refractivity contribution in [3.63, 3.8) is 0 Å². The summed E-state index contributed by atoms with van der Waals surface area (Å²) in [4.78, 5) is 52.1. The normalized spacial score (nSPS) is 12.4. The number of carboxylic acid groups (broad SMARTS) is 1. The molecule has 0 unspecified atom stereocenters. The molecule has 0 saturated carbocycles. The molecule has 2 heterocycles. The number of pyridine rings is 1. The van der Waals surface area contributed by atoms with Crippen LogP contribution in [-0.4, -0.2) is 37.1 Å². The lowest BCUT2D eigenvalue weighted by Crippen LogP contribution is -2.44. The largest absolute Gasteiger partial charge is 0.480 e. The molecular weight excluding hydrogens is 328 g/mol. The predicted molar refractivity (Wildman–Crippen MR) is 90.7 cm³/mol. The molecular formula is C16H20N4O5. The van der Waals surface area contributed by atoms with Gasteiger partial charge in [0.15, 0.2) is 0 Å². The van der Waals surface area contributed by atoms with Crippen molar-refractivity contribution in [1.29, 1.82) is 0 Å². The van der Waals surface area contributed by atoms with Crippen LogP contribution >= 0.6 is 0 Å². The van der Waals surface area contributed by atoms with Crippen LogP contribution in [0.1, 0.15) is 29.9 Å². The van der Waals surface area contributed by atoms with Crippen molar-refractivity contribution in [2.45, 2.75) is 26.8 Å². The van der Waals surface area contributed by atoms with E-state index >= 15 is 0 Å². The number of aliphatic carboxylic acids is 1. The summed E-state index contributed by atoms with van der Waals surface area (Å²) in [6.45, 7) is 4.97. The van der Waals surface area contributed by atoms with Gasteiger partial charge in [-0.05, 0) is 24.5 Å². The van der Waals surface area contributed by atoms with Crippen molar-refractivity contribution < 1.29 is 14.7 Å². The number of carboxylic acids is 1. The lowest BCUT2D eigenvalue weighted by Gasteiger charge is -2.18. The number of nitrogens with one attached hydrogen (secondary N) is 1. The number of carbonyl (C=O) groups is 2. The van der Waals surface area contributed by atoms with Crippen LogP contribution < -0.4 is 16.6 Å². The minimum absolute atomic E-state index is 0.0554. The number of fused-ring (bicyclic) bond motifs is 1. The molecule has 9 nitrogen and oxygen atoms in total. The Labute approximate surface area is 142 Å². The van der Waals surface area contributed by atoms with Crippen LogP contribution in [0.25, 0.3) is 11.0 Å². The minimum atomic E-state index is -1.15. The molecule has 1 atom stereocenters. The molecule has 9 heteroatoms. The van der Waals surface area contributed by atoms with Crippen molar-refractivity contribution in [3.05, 3.63) is 38.2 Å². The highest BCUT2D eigenvalue weighted by molar-refractivity contribution is 5.97. The predicted octanol–water partition coefficient (Wildman–Crippen LogP) is -0.220. The second kappa shape index (κ2) is 6.50. The van der Waals surface area contributed by atoms with Gasteiger partial charge in [0.25, 0.3) is 11.5 Å². The fourth-order valence-corrected chi connectivity index (χ4v) is 2.58. The summed E-state index contributed by atoms with van der Waals surface area (Å²) in [6.07, 6.45) is 0. The summed E-state index contributed by atoms with van der Waals surface area (Å²) >= 11 is 0. The van der Waals surface area contributed by atoms with Crippen LogP contribution in [-0.2, 0) is 18.9 Å². The van der Waals surface area contributed by atoms with Crippen LogP contribution in [0.4, 0.5) is 0 Å². The number of aromatic nitrogens is 3. The molecule has 0 aromatic carbocycles. The Morgan fingerprint density at radius 1 is 1.20 bits per heavy atom. The number of amides is 1. The highest BCUT2D eigenvalue weighted by atomic mass is 16.4. The third kappa shape index (κ3) is 3.17. The molecule has 134 valence electrons. The van der Waals surface area contributed by atoms with Gasteiger partial charge in [-0.2, -0.15) is 0 Å². The molecule has 0 saturated heterocycles. The van der Waals surface area contributed by atoms with Crippen LogP contribution in [0, 0.1) is 12.8 Å². The first kappa shape index (κ1) is 18.4. The van der Waals surface area contributed by atoms with Crippen molar-refractivity contribution in [2.75, 3.05) is 0 Å². The van der Waals surface area contributed by atoms with Gasteiger partial charge in [0, 0.05) is 14.1 Å². The Bertz CT molecular complexity index is 987. The zero-order chi connectivity index (χ0) is 19.0. The van der Waals surface area contributed by atoms with Gasteiger partial charge in [-0.15, -0.1) is 0 Å². The second-order valence-electron chi connectivity index (χ2n) is 6.26. The molecule has 0 aliphatic rings. The minimum Gasteiger partial charge on any atom is -0.480 e.